The highest BCUT2D eigenvalue weighted by Crippen LogP contribution is 2.64. The van der Waals surface area contributed by atoms with Gasteiger partial charge in [0.25, 0.3) is 0 Å². The number of benzene rings is 5. The summed E-state index contributed by atoms with van der Waals surface area (Å²) >= 11 is 0. The molecule has 1 nitrogen and oxygen atoms in total. The smallest absolute Gasteiger partial charge is 0.0540 e. The van der Waals surface area contributed by atoms with Crippen LogP contribution in [-0.4, -0.2) is 0 Å². The molecule has 0 aliphatic heterocycles. The van der Waals surface area contributed by atoms with Crippen LogP contribution in [0.2, 0.25) is 0 Å². The van der Waals surface area contributed by atoms with Crippen LogP contribution in [0, 0.1) is 17.8 Å². The summed E-state index contributed by atoms with van der Waals surface area (Å²) in [4.78, 5) is 2.46. The first-order chi connectivity index (χ1) is 19.2. The fourth-order valence-electron chi connectivity index (χ4n) is 8.86. The number of para-hydroxylation sites is 1. The van der Waals surface area contributed by atoms with Gasteiger partial charge in [-0.3, -0.25) is 0 Å². The van der Waals surface area contributed by atoms with Gasteiger partial charge in [-0.25, -0.2) is 0 Å². The van der Waals surface area contributed by atoms with Gasteiger partial charge in [0.2, 0.25) is 0 Å². The van der Waals surface area contributed by atoms with E-state index in [0.717, 1.165) is 11.8 Å². The van der Waals surface area contributed by atoms with Crippen molar-refractivity contribution in [1.29, 1.82) is 0 Å². The zero-order chi connectivity index (χ0) is 26.0. The second kappa shape index (κ2) is 8.85. The highest BCUT2D eigenvalue weighted by atomic mass is 15.1. The molecule has 192 valence electrons. The fraction of sp³-hybridized carbons (Fsp3) is 0.263. The molecule has 2 bridgehead atoms. The monoisotopic (exact) mass is 505 g/mol. The highest BCUT2D eigenvalue weighted by Gasteiger charge is 2.55. The Labute approximate surface area is 232 Å². The Bertz CT molecular complexity index is 1680. The molecule has 0 N–H and O–H groups in total. The second-order valence-electron chi connectivity index (χ2n) is 12.2. The molecule has 39 heavy (non-hydrogen) atoms. The van der Waals surface area contributed by atoms with E-state index in [2.05, 4.69) is 127 Å². The van der Waals surface area contributed by atoms with E-state index in [0.29, 0.717) is 5.92 Å². The first-order valence-electron chi connectivity index (χ1n) is 14.8. The Morgan fingerprint density at radius 2 is 1.41 bits per heavy atom. The van der Waals surface area contributed by atoms with Gasteiger partial charge in [-0.1, -0.05) is 105 Å². The lowest BCUT2D eigenvalue weighted by molar-refractivity contribution is 0.0670. The van der Waals surface area contributed by atoms with Gasteiger partial charge in [0.1, 0.15) is 0 Å². The van der Waals surface area contributed by atoms with Crippen molar-refractivity contribution < 1.29 is 0 Å². The molecule has 0 amide bonds. The Morgan fingerprint density at radius 1 is 0.641 bits per heavy atom. The molecule has 4 unspecified atom stereocenters. The molecule has 0 heterocycles. The number of fused-ring (bicyclic) bond motifs is 9. The molecule has 0 aromatic heterocycles. The topological polar surface area (TPSA) is 3.24 Å². The minimum atomic E-state index is 0.151. The number of hydrogen-bond donors (Lipinski definition) is 0. The lowest BCUT2D eigenvalue weighted by Crippen LogP contribution is -2.47. The third-order valence-electron chi connectivity index (χ3n) is 10.3. The summed E-state index contributed by atoms with van der Waals surface area (Å²) in [6.45, 7) is 2.55. The van der Waals surface area contributed by atoms with Crippen LogP contribution in [0.5, 0.6) is 0 Å². The average molecular weight is 506 g/mol. The van der Waals surface area contributed by atoms with Crippen molar-refractivity contribution in [3.05, 3.63) is 126 Å². The molecular weight excluding hydrogens is 470 g/mol. The van der Waals surface area contributed by atoms with Crippen molar-refractivity contribution in [3.8, 4) is 11.1 Å². The van der Waals surface area contributed by atoms with Crippen LogP contribution < -0.4 is 4.90 Å². The van der Waals surface area contributed by atoms with Crippen molar-refractivity contribution in [2.75, 3.05) is 4.90 Å². The predicted molar refractivity (Wildman–Crippen MR) is 164 cm³/mol. The number of anilines is 3. The third kappa shape index (κ3) is 3.32. The average Bonchev–Trinajstić information content (AvgIpc) is 3.28. The van der Waals surface area contributed by atoms with Gasteiger partial charge in [0.05, 0.1) is 5.69 Å². The maximum Gasteiger partial charge on any atom is 0.0540 e. The van der Waals surface area contributed by atoms with E-state index in [9.17, 15) is 0 Å². The fourth-order valence-corrected chi connectivity index (χ4v) is 8.86. The van der Waals surface area contributed by atoms with E-state index in [4.69, 9.17) is 0 Å². The van der Waals surface area contributed by atoms with E-state index in [1.807, 2.05) is 0 Å². The number of hydrogen-bond acceptors (Lipinski definition) is 1. The minimum Gasteiger partial charge on any atom is -0.310 e. The van der Waals surface area contributed by atoms with Crippen molar-refractivity contribution in [1.82, 2.24) is 0 Å². The lowest BCUT2D eigenvalue weighted by atomic mass is 9.51. The SMILES string of the molecule is CC1CC2CCCC(C2)C12c1ccccc1-c1cc(N(c3ccccc3)c3cccc4ccccc34)ccc12. The zero-order valence-corrected chi connectivity index (χ0v) is 22.7. The van der Waals surface area contributed by atoms with Crippen LogP contribution in [-0.2, 0) is 5.41 Å². The maximum atomic E-state index is 2.55. The van der Waals surface area contributed by atoms with E-state index in [1.54, 1.807) is 11.1 Å². The molecule has 5 aromatic carbocycles. The summed E-state index contributed by atoms with van der Waals surface area (Å²) in [5, 5.41) is 2.54. The molecule has 2 fully saturated rings. The van der Waals surface area contributed by atoms with Gasteiger partial charge in [-0.05, 0) is 95.0 Å². The second-order valence-corrected chi connectivity index (χ2v) is 12.2. The van der Waals surface area contributed by atoms with Crippen LogP contribution >= 0.6 is 0 Å². The standard InChI is InChI=1S/C38H35N/c1-26-23-27-11-9-14-29(24-27)38(26)35-19-8-7-18-33(35)34-25-31(21-22-36(34)38)39(30-15-3-2-4-16-30)37-20-10-13-28-12-5-6-17-32(28)37/h2-8,10,12-13,15-22,25-27,29H,9,11,14,23-24H2,1H3. The van der Waals surface area contributed by atoms with Crippen LogP contribution in [0.3, 0.4) is 0 Å². The van der Waals surface area contributed by atoms with E-state index < -0.39 is 0 Å². The van der Waals surface area contributed by atoms with E-state index in [1.165, 1.54) is 71.1 Å². The molecule has 3 aliphatic rings. The van der Waals surface area contributed by atoms with Crippen molar-refractivity contribution in [2.45, 2.75) is 44.4 Å². The zero-order valence-electron chi connectivity index (χ0n) is 22.7. The summed E-state index contributed by atoms with van der Waals surface area (Å²) in [6.07, 6.45) is 6.94. The Hall–Kier alpha value is -3.84. The van der Waals surface area contributed by atoms with Gasteiger partial charge >= 0.3 is 0 Å². The lowest BCUT2D eigenvalue weighted by Gasteiger charge is -2.53. The Morgan fingerprint density at radius 3 is 2.33 bits per heavy atom. The van der Waals surface area contributed by atoms with Crippen molar-refractivity contribution >= 4 is 27.8 Å². The summed E-state index contributed by atoms with van der Waals surface area (Å²) in [5.74, 6) is 2.33. The molecule has 4 atom stereocenters. The normalized spacial score (nSPS) is 24.9. The molecule has 3 aliphatic carbocycles. The molecule has 1 spiro atoms. The van der Waals surface area contributed by atoms with Crippen LogP contribution in [0.4, 0.5) is 17.1 Å². The third-order valence-corrected chi connectivity index (χ3v) is 10.3. The summed E-state index contributed by atoms with van der Waals surface area (Å²) in [7, 11) is 0. The summed E-state index contributed by atoms with van der Waals surface area (Å²) in [5.41, 5.74) is 9.86. The Kier molecular flexibility index (Phi) is 5.24. The Balaban J connectivity index is 1.36. The molecule has 0 radical (unpaired) electrons. The molecule has 2 saturated carbocycles. The minimum absolute atomic E-state index is 0.151. The van der Waals surface area contributed by atoms with Crippen molar-refractivity contribution in [2.24, 2.45) is 17.8 Å². The van der Waals surface area contributed by atoms with Gasteiger partial charge < -0.3 is 4.90 Å². The number of nitrogens with zero attached hydrogens (tertiary/aromatic N) is 1. The van der Waals surface area contributed by atoms with E-state index in [-0.39, 0.29) is 5.41 Å². The first-order valence-corrected chi connectivity index (χ1v) is 14.8. The molecular formula is C38H35N. The summed E-state index contributed by atoms with van der Waals surface area (Å²) in [6, 6.07) is 43.1. The van der Waals surface area contributed by atoms with E-state index >= 15 is 0 Å². The number of rotatable bonds is 3. The maximum absolute atomic E-state index is 2.55. The molecule has 8 rings (SSSR count). The van der Waals surface area contributed by atoms with Crippen LogP contribution in [0.1, 0.15) is 50.2 Å². The van der Waals surface area contributed by atoms with Gasteiger partial charge in [0, 0.05) is 22.2 Å². The predicted octanol–water partition coefficient (Wildman–Crippen LogP) is 10.4. The van der Waals surface area contributed by atoms with Crippen LogP contribution in [0.25, 0.3) is 21.9 Å². The highest BCUT2D eigenvalue weighted by molar-refractivity contribution is 5.99. The molecule has 5 aromatic rings. The van der Waals surface area contributed by atoms with Gasteiger partial charge in [0.15, 0.2) is 0 Å². The van der Waals surface area contributed by atoms with Crippen molar-refractivity contribution in [3.63, 3.8) is 0 Å². The van der Waals surface area contributed by atoms with Gasteiger partial charge in [-0.15, -0.1) is 0 Å². The molecule has 0 saturated heterocycles. The quantitative estimate of drug-likeness (QED) is 0.236. The first kappa shape index (κ1) is 23.1. The largest absolute Gasteiger partial charge is 0.310 e. The molecule has 1 heteroatoms. The van der Waals surface area contributed by atoms with Gasteiger partial charge in [-0.2, -0.15) is 0 Å². The summed E-state index contributed by atoms with van der Waals surface area (Å²) < 4.78 is 0. The van der Waals surface area contributed by atoms with Crippen LogP contribution in [0.15, 0.2) is 115 Å².